The lowest BCUT2D eigenvalue weighted by atomic mass is 9.77. The summed E-state index contributed by atoms with van der Waals surface area (Å²) < 4.78 is 253. The number of benzene rings is 7. The first-order valence-corrected chi connectivity index (χ1v) is 30.9. The third kappa shape index (κ3) is 26.5. The number of likely N-dealkylation sites (N-methyl/N-ethyl adjacent to an activating group) is 1. The van der Waals surface area contributed by atoms with E-state index in [1.165, 1.54) is 61.4 Å². The molecule has 1 saturated heterocycles. The van der Waals surface area contributed by atoms with Crippen molar-refractivity contribution in [2.75, 3.05) is 26.8 Å². The first kappa shape index (κ1) is 84.5. The Kier molecular flexibility index (Phi) is 32.0. The van der Waals surface area contributed by atoms with Crippen molar-refractivity contribution in [2.45, 2.75) is 139 Å². The number of carbonyl (C=O) groups excluding carboxylic acids is 2. The van der Waals surface area contributed by atoms with Gasteiger partial charge in [0.1, 0.15) is 34.8 Å². The van der Waals surface area contributed by atoms with Crippen LogP contribution in [0.2, 0.25) is 0 Å². The number of ether oxygens (including phenoxy) is 3. The summed E-state index contributed by atoms with van der Waals surface area (Å²) in [5.41, 5.74) is 3.84. The molecule has 2 unspecified atom stereocenters. The fourth-order valence-electron chi connectivity index (χ4n) is 10.2. The molecule has 0 spiro atoms. The number of hydrogen-bond donors (Lipinski definition) is 5. The lowest BCUT2D eigenvalue weighted by molar-refractivity contribution is -0.253. The van der Waals surface area contributed by atoms with Gasteiger partial charge in [-0.25, -0.2) is 17.6 Å². The molecule has 1 heterocycles. The maximum Gasteiger partial charge on any atom is 0.461 e. The zero-order valence-corrected chi connectivity index (χ0v) is 55.1. The number of hydrogen-bond acceptors (Lipinski definition) is 9. The number of halogens is 18. The summed E-state index contributed by atoms with van der Waals surface area (Å²) in [5, 5.41) is 13.4. The fourth-order valence-corrected chi connectivity index (χ4v) is 10.2. The van der Waals surface area contributed by atoms with Gasteiger partial charge in [-0.3, -0.25) is 24.6 Å². The third-order valence-corrected chi connectivity index (χ3v) is 14.9. The van der Waals surface area contributed by atoms with Gasteiger partial charge >= 0.3 is 43.4 Å². The molecule has 12 nitrogen and oxygen atoms in total. The summed E-state index contributed by atoms with van der Waals surface area (Å²) in [4.78, 5) is 38.5. The number of alkyl halides is 14. The van der Waals surface area contributed by atoms with Crippen molar-refractivity contribution in [2.24, 2.45) is 5.73 Å². The summed E-state index contributed by atoms with van der Waals surface area (Å²) in [7, 11) is 0.937. The van der Waals surface area contributed by atoms with Crippen molar-refractivity contribution in [3.05, 3.63) is 238 Å². The van der Waals surface area contributed by atoms with E-state index in [-0.39, 0.29) is 17.5 Å². The molecule has 0 radical (unpaired) electrons. The maximum absolute atomic E-state index is 15.0. The second-order valence-electron chi connectivity index (χ2n) is 23.1. The molecule has 552 valence electrons. The van der Waals surface area contributed by atoms with Gasteiger partial charge in [-0.2, -0.15) is 61.5 Å². The predicted octanol–water partition coefficient (Wildman–Crippen LogP) is 15.9. The molecule has 2 amide bonds. The SMILES string of the molecule is C1CCOC1.CCN(C(C)C)C(C)C.CNC(C(=O)O)C(F)(F)F.N[C@](Cc1ccccc1)(c1ccc(F)cc1)c1cc(F)cc(OC(F)(F)C(F)F)c1.O=C(Cc1ccccc1)NC(C(=O)N[C@](Cc1ccccc1)(c1ccc(F)cc1)c1cc(F)cc(OC(F)(F)C(F)F)c1)C(F)(F)F. The quantitative estimate of drug-likeness (QED) is 0.0368. The number of aliphatic carboxylic acids is 1. The molecule has 1 aliphatic heterocycles. The van der Waals surface area contributed by atoms with Crippen LogP contribution >= 0.6 is 0 Å². The Morgan fingerprint density at radius 2 is 0.921 bits per heavy atom. The summed E-state index contributed by atoms with van der Waals surface area (Å²) in [6.45, 7) is 14.3. The topological polar surface area (TPSA) is 164 Å². The van der Waals surface area contributed by atoms with Crippen LogP contribution in [0.4, 0.5) is 79.0 Å². The number of carboxylic acids is 1. The van der Waals surface area contributed by atoms with Crippen molar-refractivity contribution in [1.82, 2.24) is 20.9 Å². The molecule has 4 atom stereocenters. The van der Waals surface area contributed by atoms with Gasteiger partial charge in [-0.05, 0) is 148 Å². The van der Waals surface area contributed by atoms with Gasteiger partial charge in [0.15, 0.2) is 0 Å². The molecular formula is C71H75F18N5O7. The van der Waals surface area contributed by atoms with Crippen LogP contribution in [0.5, 0.6) is 11.5 Å². The number of amides is 2. The van der Waals surface area contributed by atoms with E-state index < -0.39 is 132 Å². The molecule has 7 aromatic rings. The number of nitrogens with one attached hydrogen (secondary N) is 3. The van der Waals surface area contributed by atoms with Crippen molar-refractivity contribution in [1.29, 1.82) is 0 Å². The minimum atomic E-state index is -5.38. The first-order valence-electron chi connectivity index (χ1n) is 30.9. The van der Waals surface area contributed by atoms with Crippen LogP contribution < -0.4 is 31.2 Å². The Morgan fingerprint density at radius 1 is 0.525 bits per heavy atom. The molecule has 0 aliphatic carbocycles. The van der Waals surface area contributed by atoms with E-state index in [0.717, 1.165) is 80.9 Å². The predicted molar refractivity (Wildman–Crippen MR) is 340 cm³/mol. The molecule has 6 N–H and O–H groups in total. The smallest absolute Gasteiger partial charge is 0.461 e. The van der Waals surface area contributed by atoms with Crippen LogP contribution in [0.15, 0.2) is 176 Å². The van der Waals surface area contributed by atoms with Gasteiger partial charge in [0, 0.05) is 43.9 Å². The molecule has 101 heavy (non-hydrogen) atoms. The molecule has 1 fully saturated rings. The minimum absolute atomic E-state index is 0.00183. The molecule has 1 aliphatic rings. The van der Waals surface area contributed by atoms with Crippen LogP contribution in [-0.2, 0) is 49.5 Å². The highest BCUT2D eigenvalue weighted by Crippen LogP contribution is 2.40. The average Bonchev–Trinajstić information content (AvgIpc) is 1.14. The number of carbonyl (C=O) groups is 3. The highest BCUT2D eigenvalue weighted by Gasteiger charge is 2.50. The lowest BCUT2D eigenvalue weighted by Gasteiger charge is -2.38. The Hall–Kier alpha value is -8.87. The fraction of sp³-hybridized carbons (Fsp3) is 0.366. The number of rotatable bonds is 24. The van der Waals surface area contributed by atoms with Crippen LogP contribution in [0.25, 0.3) is 0 Å². The van der Waals surface area contributed by atoms with Crippen LogP contribution in [0.1, 0.15) is 86.4 Å². The van der Waals surface area contributed by atoms with Gasteiger partial charge in [-0.1, -0.05) is 122 Å². The van der Waals surface area contributed by atoms with Crippen LogP contribution in [-0.4, -0.2) is 116 Å². The van der Waals surface area contributed by atoms with E-state index in [1.807, 2.05) is 0 Å². The Labute approximate surface area is 571 Å². The summed E-state index contributed by atoms with van der Waals surface area (Å²) in [6.07, 6.45) is -26.8. The van der Waals surface area contributed by atoms with Gasteiger partial charge in [0.2, 0.25) is 18.0 Å². The summed E-state index contributed by atoms with van der Waals surface area (Å²) in [5.74, 6) is -10.6. The molecule has 7 aromatic carbocycles. The van der Waals surface area contributed by atoms with E-state index in [4.69, 9.17) is 15.6 Å². The normalized spacial score (nSPS) is 14.3. The highest BCUT2D eigenvalue weighted by molar-refractivity contribution is 5.90. The molecule has 8 rings (SSSR count). The standard InChI is InChI=1S/C33H25F9N2O3.C22H17F6NO.C8H19N.C4H6F3NO2.C4H8O/c34-24-13-11-22(12-14-24)31(19-21-9-5-2-6-10-21,23-16-25(35)18-26(17-23)47-33(41,42)30(36)37)44-29(46)28(32(38,39)40)43-27(45)15-20-7-3-1-4-8-20;23-17-8-6-15(7-9-17)21(29,13-14-4-2-1-3-5-14)16-10-18(24)12-19(11-16)30-22(27,28)20(25)26;1-6-9(7(2)3)8(4)5;1-8-2(3(9)10)4(5,6)7;1-2-4-5-3-1/h1-14,16-18,28,30H,15,19H2,(H,43,45)(H,44,46);1-12,20H,13,29H2;7-8H,6H2,1-5H3;2,8H,1H3,(H,9,10);1-4H2/t28?,31-;21-;;;/m11.../s1. The van der Waals surface area contributed by atoms with Gasteiger partial charge < -0.3 is 35.7 Å². The van der Waals surface area contributed by atoms with E-state index in [1.54, 1.807) is 65.2 Å². The molecule has 0 bridgehead atoms. The van der Waals surface area contributed by atoms with E-state index in [9.17, 15) is 93.4 Å². The minimum Gasteiger partial charge on any atom is -0.480 e. The van der Waals surface area contributed by atoms with Crippen molar-refractivity contribution in [3.8, 4) is 11.5 Å². The molecule has 0 aromatic heterocycles. The van der Waals surface area contributed by atoms with Crippen LogP contribution in [0, 0.1) is 23.3 Å². The van der Waals surface area contributed by atoms with Crippen molar-refractivity contribution < 1.29 is 113 Å². The monoisotopic (exact) mass is 1450 g/mol. The Bertz CT molecular complexity index is 3640. The third-order valence-electron chi connectivity index (χ3n) is 14.9. The number of nitrogens with zero attached hydrogens (tertiary/aromatic N) is 1. The van der Waals surface area contributed by atoms with Crippen molar-refractivity contribution >= 4 is 17.8 Å². The first-order chi connectivity index (χ1) is 47.2. The molecule has 0 saturated carbocycles. The lowest BCUT2D eigenvalue weighted by Crippen LogP contribution is -2.60. The van der Waals surface area contributed by atoms with E-state index in [0.29, 0.717) is 53.0 Å². The molecular weight excluding hydrogens is 1380 g/mol. The summed E-state index contributed by atoms with van der Waals surface area (Å²) >= 11 is 0. The maximum atomic E-state index is 15.0. The van der Waals surface area contributed by atoms with Gasteiger partial charge in [0.05, 0.1) is 17.5 Å². The summed E-state index contributed by atoms with van der Waals surface area (Å²) in [6, 6.07) is 32.9. The van der Waals surface area contributed by atoms with Crippen molar-refractivity contribution in [3.63, 3.8) is 0 Å². The zero-order valence-electron chi connectivity index (χ0n) is 55.1. The number of nitrogens with two attached hydrogens (primary N) is 1. The second kappa shape index (κ2) is 38.2. The van der Waals surface area contributed by atoms with Gasteiger partial charge in [-0.15, -0.1) is 0 Å². The molecule has 30 heteroatoms. The number of carboxylic acid groups (broad SMARTS) is 1. The van der Waals surface area contributed by atoms with Gasteiger partial charge in [0.25, 0.3) is 5.91 Å². The zero-order chi connectivity index (χ0) is 75.7. The largest absolute Gasteiger partial charge is 0.480 e. The van der Waals surface area contributed by atoms with Crippen LogP contribution in [0.3, 0.4) is 0 Å². The highest BCUT2D eigenvalue weighted by atomic mass is 19.4. The Balaban J connectivity index is 0.000000336. The second-order valence-corrected chi connectivity index (χ2v) is 23.1. The Morgan fingerprint density at radius 3 is 1.27 bits per heavy atom. The van der Waals surface area contributed by atoms with E-state index >= 15 is 0 Å². The average molecular weight is 1450 g/mol. The van der Waals surface area contributed by atoms with E-state index in [2.05, 4.69) is 54.3 Å².